The van der Waals surface area contributed by atoms with Crippen molar-refractivity contribution >= 4 is 0 Å². The summed E-state index contributed by atoms with van der Waals surface area (Å²) in [5.41, 5.74) is 7.06. The average Bonchev–Trinajstić information content (AvgIpc) is 2.98. The van der Waals surface area contributed by atoms with Crippen molar-refractivity contribution in [1.29, 1.82) is 0 Å². The van der Waals surface area contributed by atoms with Gasteiger partial charge in [0.15, 0.2) is 0 Å². The quantitative estimate of drug-likeness (QED) is 0.678. The van der Waals surface area contributed by atoms with E-state index in [1.807, 2.05) is 0 Å². The minimum absolute atomic E-state index is 0.181. The fourth-order valence-electron chi connectivity index (χ4n) is 3.28. The summed E-state index contributed by atoms with van der Waals surface area (Å²) < 4.78 is 2.09. The van der Waals surface area contributed by atoms with E-state index < -0.39 is 0 Å². The molecule has 0 bridgehead atoms. The Morgan fingerprint density at radius 3 is 2.32 bits per heavy atom. The van der Waals surface area contributed by atoms with Crippen LogP contribution < -0.4 is 0 Å². The van der Waals surface area contributed by atoms with Crippen molar-refractivity contribution in [3.63, 3.8) is 0 Å². The first-order chi connectivity index (χ1) is 12.2. The van der Waals surface area contributed by atoms with Gasteiger partial charge >= 0.3 is 0 Å². The minimum atomic E-state index is 0.181. The molecule has 0 aliphatic rings. The predicted octanol–water partition coefficient (Wildman–Crippen LogP) is 4.73. The van der Waals surface area contributed by atoms with Crippen LogP contribution >= 0.6 is 0 Å². The standard InChI is InChI=1S/C22H26N2O/c1-3-4-10-21-22(19-8-6-5-7-9-19)17(2)23-24(21)20-13-11-18(12-14-20)15-16-25/h5-9,11-14,25H,3-4,10,15-16H2,1-2H3. The summed E-state index contributed by atoms with van der Waals surface area (Å²) in [6.45, 7) is 4.49. The van der Waals surface area contributed by atoms with Gasteiger partial charge in [-0.25, -0.2) is 4.68 Å². The van der Waals surface area contributed by atoms with Crippen LogP contribution in [0.15, 0.2) is 54.6 Å². The van der Waals surface area contributed by atoms with E-state index in [0.717, 1.165) is 36.2 Å². The molecule has 0 atom stereocenters. The number of unbranched alkanes of at least 4 members (excludes halogenated alkanes) is 1. The average molecular weight is 334 g/mol. The third-order valence-electron chi connectivity index (χ3n) is 4.57. The lowest BCUT2D eigenvalue weighted by Crippen LogP contribution is -2.03. The number of nitrogens with zero attached hydrogens (tertiary/aromatic N) is 2. The van der Waals surface area contributed by atoms with Gasteiger partial charge in [-0.3, -0.25) is 0 Å². The minimum Gasteiger partial charge on any atom is -0.396 e. The van der Waals surface area contributed by atoms with Gasteiger partial charge in [0.25, 0.3) is 0 Å². The zero-order valence-corrected chi connectivity index (χ0v) is 15.1. The van der Waals surface area contributed by atoms with Gasteiger partial charge in [-0.05, 0) is 49.4 Å². The molecule has 0 amide bonds. The third-order valence-corrected chi connectivity index (χ3v) is 4.57. The Kier molecular flexibility index (Phi) is 5.67. The molecule has 1 heterocycles. The number of aryl methyl sites for hydroxylation is 1. The van der Waals surface area contributed by atoms with E-state index in [9.17, 15) is 0 Å². The van der Waals surface area contributed by atoms with Gasteiger partial charge < -0.3 is 5.11 Å². The molecule has 2 aromatic carbocycles. The molecule has 0 saturated carbocycles. The first-order valence-electron chi connectivity index (χ1n) is 9.08. The van der Waals surface area contributed by atoms with Crippen LogP contribution in [0.4, 0.5) is 0 Å². The third kappa shape index (κ3) is 3.83. The molecule has 0 aliphatic carbocycles. The SMILES string of the molecule is CCCCc1c(-c2ccccc2)c(C)nn1-c1ccc(CCO)cc1. The van der Waals surface area contributed by atoms with E-state index in [4.69, 9.17) is 10.2 Å². The molecule has 25 heavy (non-hydrogen) atoms. The number of hydrogen-bond donors (Lipinski definition) is 1. The first kappa shape index (κ1) is 17.4. The highest BCUT2D eigenvalue weighted by Gasteiger charge is 2.17. The molecular weight excluding hydrogens is 308 g/mol. The molecule has 0 spiro atoms. The van der Waals surface area contributed by atoms with Gasteiger partial charge in [-0.15, -0.1) is 0 Å². The van der Waals surface area contributed by atoms with E-state index in [2.05, 4.69) is 73.1 Å². The number of hydrogen-bond acceptors (Lipinski definition) is 2. The van der Waals surface area contributed by atoms with E-state index in [-0.39, 0.29) is 6.61 Å². The Morgan fingerprint density at radius 1 is 0.960 bits per heavy atom. The van der Waals surface area contributed by atoms with Crippen LogP contribution in [0.25, 0.3) is 16.8 Å². The number of aromatic nitrogens is 2. The molecule has 3 heteroatoms. The lowest BCUT2D eigenvalue weighted by atomic mass is 10.0. The Morgan fingerprint density at radius 2 is 1.68 bits per heavy atom. The van der Waals surface area contributed by atoms with Crippen molar-refractivity contribution in [2.45, 2.75) is 39.5 Å². The molecule has 0 unspecified atom stereocenters. The van der Waals surface area contributed by atoms with Gasteiger partial charge in [0.2, 0.25) is 0 Å². The van der Waals surface area contributed by atoms with Crippen LogP contribution in [0.1, 0.15) is 36.7 Å². The van der Waals surface area contributed by atoms with Gasteiger partial charge in [0.1, 0.15) is 0 Å². The Balaban J connectivity index is 2.07. The van der Waals surface area contributed by atoms with Crippen molar-refractivity contribution in [1.82, 2.24) is 9.78 Å². The lowest BCUT2D eigenvalue weighted by molar-refractivity contribution is 0.299. The number of aliphatic hydroxyl groups excluding tert-OH is 1. The highest BCUT2D eigenvalue weighted by atomic mass is 16.2. The summed E-state index contributed by atoms with van der Waals surface area (Å²) in [5, 5.41) is 13.9. The Labute approximate surface area is 150 Å². The van der Waals surface area contributed by atoms with Gasteiger partial charge in [-0.1, -0.05) is 55.8 Å². The monoisotopic (exact) mass is 334 g/mol. The molecule has 0 aliphatic heterocycles. The molecule has 0 radical (unpaired) electrons. The molecule has 3 nitrogen and oxygen atoms in total. The maximum atomic E-state index is 9.10. The van der Waals surface area contributed by atoms with Crippen molar-refractivity contribution in [3.8, 4) is 16.8 Å². The van der Waals surface area contributed by atoms with Crippen LogP contribution in [-0.2, 0) is 12.8 Å². The Hall–Kier alpha value is -2.39. The fraction of sp³-hybridized carbons (Fsp3) is 0.318. The van der Waals surface area contributed by atoms with E-state index in [0.29, 0.717) is 6.42 Å². The van der Waals surface area contributed by atoms with Crippen LogP contribution in [-0.4, -0.2) is 21.5 Å². The Bertz CT molecular complexity index is 804. The van der Waals surface area contributed by atoms with Gasteiger partial charge in [0.05, 0.1) is 17.1 Å². The number of aliphatic hydroxyl groups is 1. The zero-order valence-electron chi connectivity index (χ0n) is 15.1. The molecule has 0 fully saturated rings. The summed E-state index contributed by atoms with van der Waals surface area (Å²) in [5.74, 6) is 0. The second-order valence-electron chi connectivity index (χ2n) is 6.43. The maximum Gasteiger partial charge on any atom is 0.0679 e. The van der Waals surface area contributed by atoms with Crippen molar-refractivity contribution in [3.05, 3.63) is 71.5 Å². The fourth-order valence-corrected chi connectivity index (χ4v) is 3.28. The normalized spacial score (nSPS) is 11.0. The summed E-state index contributed by atoms with van der Waals surface area (Å²) in [7, 11) is 0. The maximum absolute atomic E-state index is 9.10. The van der Waals surface area contributed by atoms with Crippen LogP contribution in [0, 0.1) is 6.92 Å². The highest BCUT2D eigenvalue weighted by molar-refractivity contribution is 5.69. The molecule has 3 rings (SSSR count). The van der Waals surface area contributed by atoms with E-state index in [1.165, 1.54) is 16.8 Å². The van der Waals surface area contributed by atoms with Crippen LogP contribution in [0.3, 0.4) is 0 Å². The number of rotatable bonds is 7. The summed E-state index contributed by atoms with van der Waals surface area (Å²) >= 11 is 0. The first-order valence-corrected chi connectivity index (χ1v) is 9.08. The topological polar surface area (TPSA) is 38.0 Å². The summed E-state index contributed by atoms with van der Waals surface area (Å²) in [4.78, 5) is 0. The molecule has 1 N–H and O–H groups in total. The summed E-state index contributed by atoms with van der Waals surface area (Å²) in [6, 6.07) is 18.9. The molecular formula is C22H26N2O. The number of benzene rings is 2. The van der Waals surface area contributed by atoms with Gasteiger partial charge in [-0.2, -0.15) is 5.10 Å². The largest absolute Gasteiger partial charge is 0.396 e. The van der Waals surface area contributed by atoms with E-state index >= 15 is 0 Å². The second-order valence-corrected chi connectivity index (χ2v) is 6.43. The second kappa shape index (κ2) is 8.13. The lowest BCUT2D eigenvalue weighted by Gasteiger charge is -2.10. The predicted molar refractivity (Wildman–Crippen MR) is 103 cm³/mol. The molecule has 1 aromatic heterocycles. The van der Waals surface area contributed by atoms with Crippen molar-refractivity contribution in [2.75, 3.05) is 6.61 Å². The zero-order chi connectivity index (χ0) is 17.6. The molecule has 0 saturated heterocycles. The van der Waals surface area contributed by atoms with Gasteiger partial charge in [0, 0.05) is 12.2 Å². The van der Waals surface area contributed by atoms with Crippen LogP contribution in [0.2, 0.25) is 0 Å². The van der Waals surface area contributed by atoms with E-state index in [1.54, 1.807) is 0 Å². The molecule has 130 valence electrons. The molecule has 3 aromatic rings. The highest BCUT2D eigenvalue weighted by Crippen LogP contribution is 2.30. The van der Waals surface area contributed by atoms with Crippen molar-refractivity contribution < 1.29 is 5.11 Å². The summed E-state index contributed by atoms with van der Waals surface area (Å²) in [6.07, 6.45) is 4.01. The van der Waals surface area contributed by atoms with Crippen LogP contribution in [0.5, 0.6) is 0 Å². The smallest absolute Gasteiger partial charge is 0.0679 e. The van der Waals surface area contributed by atoms with Crippen molar-refractivity contribution in [2.24, 2.45) is 0 Å².